The van der Waals surface area contributed by atoms with E-state index in [0.717, 1.165) is 31.7 Å². The van der Waals surface area contributed by atoms with Gasteiger partial charge in [0.2, 0.25) is 0 Å². The number of ether oxygens (including phenoxy) is 2. The van der Waals surface area contributed by atoms with Gasteiger partial charge in [-0.15, -0.1) is 0 Å². The minimum Gasteiger partial charge on any atom is -0.381 e. The average Bonchev–Trinajstić information content (AvgIpc) is 2.91. The molecule has 1 saturated heterocycles. The summed E-state index contributed by atoms with van der Waals surface area (Å²) in [7, 11) is 0. The fourth-order valence-electron chi connectivity index (χ4n) is 2.27. The van der Waals surface area contributed by atoms with E-state index in [0.29, 0.717) is 24.7 Å². The lowest BCUT2D eigenvalue weighted by Crippen LogP contribution is -2.35. The molecule has 1 aliphatic heterocycles. The molecule has 0 saturated carbocycles. The Morgan fingerprint density at radius 2 is 2.19 bits per heavy atom. The van der Waals surface area contributed by atoms with Gasteiger partial charge in [-0.25, -0.2) is 4.39 Å². The molecule has 118 valence electrons. The topological polar surface area (TPSA) is 30.5 Å². The quantitative estimate of drug-likeness (QED) is 0.874. The number of benzene rings is 1. The van der Waals surface area contributed by atoms with Crippen molar-refractivity contribution < 1.29 is 13.9 Å². The van der Waals surface area contributed by atoms with Crippen LogP contribution in [0, 0.1) is 11.7 Å². The fourth-order valence-corrected chi connectivity index (χ4v) is 2.27. The van der Waals surface area contributed by atoms with Gasteiger partial charge in [0.1, 0.15) is 5.82 Å². The van der Waals surface area contributed by atoms with Crippen molar-refractivity contribution in [1.82, 2.24) is 5.32 Å². The maximum Gasteiger partial charge on any atom is 0.128 e. The summed E-state index contributed by atoms with van der Waals surface area (Å²) in [4.78, 5) is 0. The van der Waals surface area contributed by atoms with Gasteiger partial charge >= 0.3 is 0 Å². The fraction of sp³-hybridized carbons (Fsp3) is 0.647. The molecule has 4 heteroatoms. The molecule has 1 N–H and O–H groups in total. The minimum absolute atomic E-state index is 0.0491. The van der Waals surface area contributed by atoms with Crippen LogP contribution in [0.3, 0.4) is 0 Å². The molecule has 0 spiro atoms. The number of rotatable bonds is 6. The van der Waals surface area contributed by atoms with Crippen molar-refractivity contribution in [3.05, 3.63) is 35.1 Å². The predicted molar refractivity (Wildman–Crippen MR) is 81.6 cm³/mol. The van der Waals surface area contributed by atoms with Crippen LogP contribution in [0.5, 0.6) is 0 Å². The Bertz CT molecular complexity index is 451. The Morgan fingerprint density at radius 1 is 1.38 bits per heavy atom. The van der Waals surface area contributed by atoms with Crippen LogP contribution in [-0.4, -0.2) is 25.4 Å². The third-order valence-electron chi connectivity index (χ3n) is 3.57. The molecule has 0 radical (unpaired) electrons. The molecule has 3 nitrogen and oxygen atoms in total. The van der Waals surface area contributed by atoms with E-state index >= 15 is 0 Å². The van der Waals surface area contributed by atoms with Crippen molar-refractivity contribution in [2.24, 2.45) is 5.92 Å². The standard InChI is InChI=1S/C17H26FNO2/c1-17(2,3)19-9-13-4-5-16(18)15(8-13)12-21-11-14-6-7-20-10-14/h4-5,8,14,19H,6-7,9-12H2,1-3H3. The second kappa shape index (κ2) is 7.34. The lowest BCUT2D eigenvalue weighted by atomic mass is 10.1. The molecular weight excluding hydrogens is 269 g/mol. The highest BCUT2D eigenvalue weighted by Crippen LogP contribution is 2.16. The van der Waals surface area contributed by atoms with Crippen molar-refractivity contribution in [2.45, 2.75) is 45.9 Å². The maximum absolute atomic E-state index is 13.8. The number of hydrogen-bond acceptors (Lipinski definition) is 3. The van der Waals surface area contributed by atoms with Crippen LogP contribution < -0.4 is 5.32 Å². The Hall–Kier alpha value is -0.970. The Morgan fingerprint density at radius 3 is 2.86 bits per heavy atom. The normalized spacial score (nSPS) is 19.1. The van der Waals surface area contributed by atoms with E-state index in [1.165, 1.54) is 6.07 Å². The molecule has 1 atom stereocenters. The second-order valence-electron chi connectivity index (χ2n) is 6.77. The SMILES string of the molecule is CC(C)(C)NCc1ccc(F)c(COCC2CCOC2)c1. The van der Waals surface area contributed by atoms with Crippen LogP contribution >= 0.6 is 0 Å². The zero-order chi connectivity index (χ0) is 15.3. The molecule has 21 heavy (non-hydrogen) atoms. The first-order valence-corrected chi connectivity index (χ1v) is 7.62. The molecule has 0 aliphatic carbocycles. The highest BCUT2D eigenvalue weighted by Gasteiger charge is 2.16. The highest BCUT2D eigenvalue weighted by molar-refractivity contribution is 5.24. The molecule has 1 aromatic rings. The summed E-state index contributed by atoms with van der Waals surface area (Å²) in [6.45, 7) is 9.62. The van der Waals surface area contributed by atoms with E-state index in [-0.39, 0.29) is 11.4 Å². The van der Waals surface area contributed by atoms with E-state index in [1.807, 2.05) is 12.1 Å². The number of nitrogens with one attached hydrogen (secondary N) is 1. The Kier molecular flexibility index (Phi) is 5.73. The maximum atomic E-state index is 13.8. The van der Waals surface area contributed by atoms with Crippen molar-refractivity contribution in [3.63, 3.8) is 0 Å². The summed E-state index contributed by atoms with van der Waals surface area (Å²) in [6.07, 6.45) is 1.04. The van der Waals surface area contributed by atoms with Crippen LogP contribution in [0.1, 0.15) is 38.3 Å². The first-order valence-electron chi connectivity index (χ1n) is 7.62. The third kappa shape index (κ3) is 5.73. The third-order valence-corrected chi connectivity index (χ3v) is 3.57. The van der Waals surface area contributed by atoms with Gasteiger partial charge < -0.3 is 14.8 Å². The lowest BCUT2D eigenvalue weighted by Gasteiger charge is -2.20. The second-order valence-corrected chi connectivity index (χ2v) is 6.77. The van der Waals surface area contributed by atoms with Crippen molar-refractivity contribution in [2.75, 3.05) is 19.8 Å². The smallest absolute Gasteiger partial charge is 0.128 e. The van der Waals surface area contributed by atoms with E-state index in [4.69, 9.17) is 9.47 Å². The van der Waals surface area contributed by atoms with Crippen molar-refractivity contribution in [3.8, 4) is 0 Å². The van der Waals surface area contributed by atoms with Crippen LogP contribution in [0.15, 0.2) is 18.2 Å². The van der Waals surface area contributed by atoms with E-state index < -0.39 is 0 Å². The minimum atomic E-state index is -0.197. The van der Waals surface area contributed by atoms with Crippen LogP contribution in [0.2, 0.25) is 0 Å². The molecule has 2 rings (SSSR count). The molecule has 0 bridgehead atoms. The highest BCUT2D eigenvalue weighted by atomic mass is 19.1. The molecule has 0 amide bonds. The van der Waals surface area contributed by atoms with Gasteiger partial charge in [0, 0.05) is 30.2 Å². The van der Waals surface area contributed by atoms with Gasteiger partial charge in [0.15, 0.2) is 0 Å². The lowest BCUT2D eigenvalue weighted by molar-refractivity contribution is 0.0775. The first-order chi connectivity index (χ1) is 9.94. The Labute approximate surface area is 126 Å². The van der Waals surface area contributed by atoms with Crippen LogP contribution in [-0.2, 0) is 22.6 Å². The molecule has 1 unspecified atom stereocenters. The van der Waals surface area contributed by atoms with Crippen molar-refractivity contribution >= 4 is 0 Å². The van der Waals surface area contributed by atoms with E-state index in [1.54, 1.807) is 0 Å². The van der Waals surface area contributed by atoms with Gasteiger partial charge in [-0.3, -0.25) is 0 Å². The predicted octanol–water partition coefficient (Wildman–Crippen LogP) is 3.27. The molecule has 1 fully saturated rings. The van der Waals surface area contributed by atoms with Gasteiger partial charge in [-0.2, -0.15) is 0 Å². The van der Waals surface area contributed by atoms with Gasteiger partial charge in [-0.1, -0.05) is 6.07 Å². The molecule has 1 heterocycles. The first kappa shape index (κ1) is 16.4. The molecule has 1 aliphatic rings. The van der Waals surface area contributed by atoms with Gasteiger partial charge in [0.25, 0.3) is 0 Å². The van der Waals surface area contributed by atoms with Gasteiger partial charge in [0.05, 0.1) is 19.8 Å². The zero-order valence-electron chi connectivity index (χ0n) is 13.2. The number of hydrogen-bond donors (Lipinski definition) is 1. The molecular formula is C17H26FNO2. The number of halogens is 1. The zero-order valence-corrected chi connectivity index (χ0v) is 13.2. The van der Waals surface area contributed by atoms with E-state index in [2.05, 4.69) is 26.1 Å². The van der Waals surface area contributed by atoms with Crippen LogP contribution in [0.25, 0.3) is 0 Å². The molecule has 1 aromatic carbocycles. The molecule has 0 aromatic heterocycles. The summed E-state index contributed by atoms with van der Waals surface area (Å²) in [5.41, 5.74) is 1.75. The summed E-state index contributed by atoms with van der Waals surface area (Å²) in [6, 6.07) is 5.23. The van der Waals surface area contributed by atoms with Gasteiger partial charge in [-0.05, 0) is 44.9 Å². The largest absolute Gasteiger partial charge is 0.381 e. The van der Waals surface area contributed by atoms with Crippen molar-refractivity contribution in [1.29, 1.82) is 0 Å². The summed E-state index contributed by atoms with van der Waals surface area (Å²) in [5.74, 6) is 0.260. The summed E-state index contributed by atoms with van der Waals surface area (Å²) >= 11 is 0. The summed E-state index contributed by atoms with van der Waals surface area (Å²) in [5, 5.41) is 3.41. The average molecular weight is 295 g/mol. The van der Waals surface area contributed by atoms with E-state index in [9.17, 15) is 4.39 Å². The monoisotopic (exact) mass is 295 g/mol. The van der Waals surface area contributed by atoms with Crippen LogP contribution in [0.4, 0.5) is 4.39 Å². The summed E-state index contributed by atoms with van der Waals surface area (Å²) < 4.78 is 24.8. The Balaban J connectivity index is 1.85.